The van der Waals surface area contributed by atoms with Crippen molar-refractivity contribution in [1.29, 1.82) is 0 Å². The minimum absolute atomic E-state index is 0.506. The Kier molecular flexibility index (Phi) is 5.02. The van der Waals surface area contributed by atoms with Crippen molar-refractivity contribution in [2.24, 2.45) is 10.8 Å². The number of rotatable bonds is 6. The number of hydrogen-bond donors (Lipinski definition) is 0. The van der Waals surface area contributed by atoms with Crippen LogP contribution in [-0.2, 0) is 0 Å². The molecule has 0 radical (unpaired) electrons. The Morgan fingerprint density at radius 1 is 0.769 bits per heavy atom. The Hall–Kier alpha value is 0. The summed E-state index contributed by atoms with van der Waals surface area (Å²) in [7, 11) is 0. The van der Waals surface area contributed by atoms with Gasteiger partial charge in [-0.1, -0.05) is 60.8 Å². The lowest BCUT2D eigenvalue weighted by molar-refractivity contribution is 0.0613. The van der Waals surface area contributed by atoms with E-state index in [0.29, 0.717) is 10.8 Å². The van der Waals surface area contributed by atoms with Crippen LogP contribution in [0.25, 0.3) is 0 Å². The Morgan fingerprint density at radius 3 is 1.54 bits per heavy atom. The van der Waals surface area contributed by atoms with E-state index in [4.69, 9.17) is 0 Å². The third-order valence-electron chi connectivity index (χ3n) is 4.09. The smallest absolute Gasteiger partial charge is 0.0277 e. The minimum Gasteiger partial charge on any atom is -0.0654 e. The van der Waals surface area contributed by atoms with Crippen LogP contribution in [0.4, 0.5) is 0 Å². The molecule has 0 N–H and O–H groups in total. The molecule has 1 unspecified atom stereocenters. The summed E-state index contributed by atoms with van der Waals surface area (Å²) in [6.07, 6.45) is 6.67. The fourth-order valence-corrected chi connectivity index (χ4v) is 2.47. The van der Waals surface area contributed by atoms with Crippen LogP contribution in [0, 0.1) is 10.8 Å². The second-order valence-corrected chi connectivity index (χ2v) is 5.30. The molecule has 0 heterocycles. The van der Waals surface area contributed by atoms with Gasteiger partial charge in [0.1, 0.15) is 0 Å². The van der Waals surface area contributed by atoms with Crippen molar-refractivity contribution in [2.45, 2.75) is 73.6 Å². The summed E-state index contributed by atoms with van der Waals surface area (Å²) in [5.74, 6) is 0. The van der Waals surface area contributed by atoms with Crippen LogP contribution in [-0.4, -0.2) is 0 Å². The molecule has 0 spiro atoms. The highest BCUT2D eigenvalue weighted by Crippen LogP contribution is 2.47. The third kappa shape index (κ3) is 3.00. The highest BCUT2D eigenvalue weighted by Gasteiger charge is 2.37. The maximum atomic E-state index is 2.46. The molecule has 0 aromatic rings. The fraction of sp³-hybridized carbons (Fsp3) is 1.00. The van der Waals surface area contributed by atoms with Crippen molar-refractivity contribution < 1.29 is 0 Å². The zero-order chi connectivity index (χ0) is 10.5. The van der Waals surface area contributed by atoms with E-state index in [1.54, 1.807) is 0 Å². The predicted octanol–water partition coefficient (Wildman–Crippen LogP) is 5.03. The lowest BCUT2D eigenvalue weighted by Crippen LogP contribution is -2.34. The predicted molar refractivity (Wildman–Crippen MR) is 62.0 cm³/mol. The van der Waals surface area contributed by atoms with Gasteiger partial charge in [0, 0.05) is 0 Å². The maximum Gasteiger partial charge on any atom is -0.0277 e. The molecule has 0 saturated heterocycles. The van der Waals surface area contributed by atoms with Crippen LogP contribution < -0.4 is 0 Å². The van der Waals surface area contributed by atoms with Crippen LogP contribution in [0.1, 0.15) is 73.6 Å². The first kappa shape index (κ1) is 13.0. The van der Waals surface area contributed by atoms with Crippen molar-refractivity contribution in [3.63, 3.8) is 0 Å². The van der Waals surface area contributed by atoms with Gasteiger partial charge < -0.3 is 0 Å². The topological polar surface area (TPSA) is 0 Å². The molecule has 0 nitrogen and oxygen atoms in total. The first-order valence-corrected chi connectivity index (χ1v) is 5.93. The van der Waals surface area contributed by atoms with Crippen molar-refractivity contribution in [3.05, 3.63) is 0 Å². The van der Waals surface area contributed by atoms with E-state index >= 15 is 0 Å². The van der Waals surface area contributed by atoms with Crippen LogP contribution >= 0.6 is 0 Å². The van der Waals surface area contributed by atoms with Gasteiger partial charge in [-0.3, -0.25) is 0 Å². The number of hydrogen-bond acceptors (Lipinski definition) is 0. The Morgan fingerprint density at radius 2 is 1.23 bits per heavy atom. The molecule has 0 bridgehead atoms. The quantitative estimate of drug-likeness (QED) is 0.543. The van der Waals surface area contributed by atoms with Gasteiger partial charge in [-0.15, -0.1) is 0 Å². The molecule has 0 aliphatic heterocycles. The standard InChI is InChI=1S/C13H28/c1-7-10-12(4,5)13(6,9-3)11-8-2/h7-11H2,1-6H3. The molecular weight excluding hydrogens is 156 g/mol. The minimum atomic E-state index is 0.506. The average molecular weight is 184 g/mol. The van der Waals surface area contributed by atoms with Gasteiger partial charge in [0.05, 0.1) is 0 Å². The maximum absolute atomic E-state index is 2.46. The zero-order valence-electron chi connectivity index (χ0n) is 10.5. The molecule has 0 aliphatic rings. The first-order valence-electron chi connectivity index (χ1n) is 5.93. The second kappa shape index (κ2) is 5.02. The SMILES string of the molecule is CCCC(C)(C)C(C)(CC)CCC. The Labute approximate surface area is 85.1 Å². The van der Waals surface area contributed by atoms with Gasteiger partial charge in [0.2, 0.25) is 0 Å². The second-order valence-electron chi connectivity index (χ2n) is 5.30. The van der Waals surface area contributed by atoms with E-state index in [1.807, 2.05) is 0 Å². The molecule has 0 rings (SSSR count). The molecule has 80 valence electrons. The molecule has 0 fully saturated rings. The lowest BCUT2D eigenvalue weighted by atomic mass is 9.61. The van der Waals surface area contributed by atoms with Crippen LogP contribution in [0.15, 0.2) is 0 Å². The largest absolute Gasteiger partial charge is 0.0654 e. The van der Waals surface area contributed by atoms with Gasteiger partial charge in [-0.05, 0) is 23.7 Å². The van der Waals surface area contributed by atoms with Crippen molar-refractivity contribution in [2.75, 3.05) is 0 Å². The van der Waals surface area contributed by atoms with E-state index in [2.05, 4.69) is 41.5 Å². The van der Waals surface area contributed by atoms with Crippen molar-refractivity contribution in [3.8, 4) is 0 Å². The molecule has 1 atom stereocenters. The van der Waals surface area contributed by atoms with Gasteiger partial charge >= 0.3 is 0 Å². The van der Waals surface area contributed by atoms with E-state index in [1.165, 1.54) is 32.1 Å². The lowest BCUT2D eigenvalue weighted by Gasteiger charge is -2.44. The molecule has 0 saturated carbocycles. The molecule has 13 heavy (non-hydrogen) atoms. The van der Waals surface area contributed by atoms with Crippen molar-refractivity contribution in [1.82, 2.24) is 0 Å². The van der Waals surface area contributed by atoms with E-state index in [0.717, 1.165) is 0 Å². The van der Waals surface area contributed by atoms with Gasteiger partial charge in [-0.2, -0.15) is 0 Å². The Bertz CT molecular complexity index is 135. The zero-order valence-corrected chi connectivity index (χ0v) is 10.5. The monoisotopic (exact) mass is 184 g/mol. The molecule has 0 heteroatoms. The van der Waals surface area contributed by atoms with E-state index < -0.39 is 0 Å². The summed E-state index contributed by atoms with van der Waals surface area (Å²) in [4.78, 5) is 0. The van der Waals surface area contributed by atoms with E-state index in [9.17, 15) is 0 Å². The summed E-state index contributed by atoms with van der Waals surface area (Å²) < 4.78 is 0. The van der Waals surface area contributed by atoms with Gasteiger partial charge in [0.15, 0.2) is 0 Å². The summed E-state index contributed by atoms with van der Waals surface area (Å²) in [5.41, 5.74) is 1.05. The molecule has 0 aromatic carbocycles. The van der Waals surface area contributed by atoms with Gasteiger partial charge in [0.25, 0.3) is 0 Å². The summed E-state index contributed by atoms with van der Waals surface area (Å²) in [6, 6.07) is 0. The summed E-state index contributed by atoms with van der Waals surface area (Å²) in [5, 5.41) is 0. The Balaban J connectivity index is 4.51. The first-order chi connectivity index (χ1) is 5.93. The van der Waals surface area contributed by atoms with Crippen molar-refractivity contribution >= 4 is 0 Å². The highest BCUT2D eigenvalue weighted by atomic mass is 14.4. The molecule has 0 aliphatic carbocycles. The summed E-state index contributed by atoms with van der Waals surface area (Å²) >= 11 is 0. The normalized spacial score (nSPS) is 17.1. The van der Waals surface area contributed by atoms with Crippen LogP contribution in [0.5, 0.6) is 0 Å². The average Bonchev–Trinajstić information content (AvgIpc) is 2.04. The third-order valence-corrected chi connectivity index (χ3v) is 4.09. The molecular formula is C13H28. The summed E-state index contributed by atoms with van der Waals surface area (Å²) in [6.45, 7) is 14.3. The van der Waals surface area contributed by atoms with Crippen LogP contribution in [0.3, 0.4) is 0 Å². The van der Waals surface area contributed by atoms with Gasteiger partial charge in [-0.25, -0.2) is 0 Å². The highest BCUT2D eigenvalue weighted by molar-refractivity contribution is 4.87. The fourth-order valence-electron chi connectivity index (χ4n) is 2.47. The van der Waals surface area contributed by atoms with E-state index in [-0.39, 0.29) is 0 Å². The molecule has 0 amide bonds. The molecule has 0 aromatic heterocycles. The van der Waals surface area contributed by atoms with Crippen LogP contribution in [0.2, 0.25) is 0 Å².